The van der Waals surface area contributed by atoms with Crippen LogP contribution in [0.5, 0.6) is 0 Å². The van der Waals surface area contributed by atoms with E-state index in [1.54, 1.807) is 50.3 Å². The van der Waals surface area contributed by atoms with Gasteiger partial charge >= 0.3 is 11.9 Å². The van der Waals surface area contributed by atoms with Crippen molar-refractivity contribution in [3.05, 3.63) is 131 Å². The van der Waals surface area contributed by atoms with Crippen molar-refractivity contribution in [3.63, 3.8) is 0 Å². The van der Waals surface area contributed by atoms with Gasteiger partial charge in [-0.05, 0) is 99.2 Å². The summed E-state index contributed by atoms with van der Waals surface area (Å²) in [5, 5.41) is 17.5. The molecule has 0 aliphatic carbocycles. The van der Waals surface area contributed by atoms with Crippen molar-refractivity contribution >= 4 is 11.9 Å². The molecule has 0 heterocycles. The highest BCUT2D eigenvalue weighted by Gasteiger charge is 2.09. The Morgan fingerprint density at radius 2 is 1.11 bits per heavy atom. The SMILES string of the molecule is C=C(C#N)/C=C\C(=C)OC(=O)c1ccc(CCCCCCCCCc2ccc(C(=O)O/C(C)=C/C=C(\C)C#N)cc2)cc1.CC. The Labute approximate surface area is 269 Å². The number of esters is 2. The summed E-state index contributed by atoms with van der Waals surface area (Å²) in [5.41, 5.74) is 4.15. The maximum Gasteiger partial charge on any atom is 0.343 e. The van der Waals surface area contributed by atoms with Crippen molar-refractivity contribution in [2.75, 3.05) is 0 Å². The van der Waals surface area contributed by atoms with Gasteiger partial charge in [0, 0.05) is 11.1 Å². The van der Waals surface area contributed by atoms with Crippen molar-refractivity contribution in [1.29, 1.82) is 10.5 Å². The molecule has 0 unspecified atom stereocenters. The molecule has 0 bridgehead atoms. The first-order valence-corrected chi connectivity index (χ1v) is 15.6. The molecule has 0 fully saturated rings. The molecule has 0 saturated carbocycles. The van der Waals surface area contributed by atoms with Crippen LogP contribution < -0.4 is 0 Å². The zero-order valence-electron chi connectivity index (χ0n) is 27.2. The Kier molecular flexibility index (Phi) is 19.1. The second kappa shape index (κ2) is 22.6. The summed E-state index contributed by atoms with van der Waals surface area (Å²) in [5.74, 6) is -0.296. The van der Waals surface area contributed by atoms with E-state index < -0.39 is 11.9 Å². The predicted molar refractivity (Wildman–Crippen MR) is 181 cm³/mol. The van der Waals surface area contributed by atoms with Crippen molar-refractivity contribution in [2.45, 2.75) is 85.5 Å². The summed E-state index contributed by atoms with van der Waals surface area (Å²) in [6.07, 6.45) is 16.3. The highest BCUT2D eigenvalue weighted by molar-refractivity contribution is 5.90. The molecule has 0 saturated heterocycles. The van der Waals surface area contributed by atoms with Crippen LogP contribution in [-0.4, -0.2) is 11.9 Å². The lowest BCUT2D eigenvalue weighted by molar-refractivity contribution is 0.0620. The van der Waals surface area contributed by atoms with Gasteiger partial charge in [0.25, 0.3) is 0 Å². The predicted octanol–water partition coefficient (Wildman–Crippen LogP) is 10.1. The molecular weight excluding hydrogens is 560 g/mol. The number of nitriles is 2. The minimum atomic E-state index is -0.485. The summed E-state index contributed by atoms with van der Waals surface area (Å²) >= 11 is 0. The lowest BCUT2D eigenvalue weighted by Crippen LogP contribution is -2.03. The van der Waals surface area contributed by atoms with Crippen molar-refractivity contribution in [2.24, 2.45) is 0 Å². The van der Waals surface area contributed by atoms with E-state index in [0.717, 1.165) is 25.7 Å². The van der Waals surface area contributed by atoms with E-state index in [2.05, 4.69) is 13.2 Å². The van der Waals surface area contributed by atoms with Crippen LogP contribution in [0.3, 0.4) is 0 Å². The average molecular weight is 607 g/mol. The van der Waals surface area contributed by atoms with Crippen LogP contribution in [0, 0.1) is 22.7 Å². The van der Waals surface area contributed by atoms with Crippen LogP contribution in [-0.2, 0) is 22.3 Å². The number of hydrogen-bond donors (Lipinski definition) is 0. The van der Waals surface area contributed by atoms with Crippen LogP contribution in [0.4, 0.5) is 0 Å². The molecule has 0 aromatic heterocycles. The molecule has 0 radical (unpaired) electrons. The summed E-state index contributed by atoms with van der Waals surface area (Å²) in [4.78, 5) is 24.6. The van der Waals surface area contributed by atoms with Crippen LogP contribution in [0.2, 0.25) is 0 Å². The molecule has 0 amide bonds. The standard InChI is InChI=1S/C37H40N2O4.C2H6/c1-28(26-38)14-16-30(3)42-36(40)34-22-18-32(19-23-34)12-10-8-6-5-7-9-11-13-33-20-24-35(25-21-33)37(41)43-31(4)17-15-29(2)27-39;1-2/h14-25H,1,3,5-13H2,2,4H3;1-2H3/b16-14-,29-15+,31-17+;. The fourth-order valence-corrected chi connectivity index (χ4v) is 4.12. The molecule has 0 N–H and O–H groups in total. The molecule has 2 rings (SSSR count). The normalized spacial score (nSPS) is 11.1. The number of allylic oxidation sites excluding steroid dienone is 7. The smallest absolute Gasteiger partial charge is 0.343 e. The Bertz CT molecular complexity index is 1430. The van der Waals surface area contributed by atoms with E-state index >= 15 is 0 Å². The maximum absolute atomic E-state index is 12.3. The Hall–Kier alpha value is -4.94. The Balaban J connectivity index is 0.00000496. The minimum Gasteiger partial charge on any atom is -0.428 e. The second-order valence-electron chi connectivity index (χ2n) is 10.3. The van der Waals surface area contributed by atoms with Gasteiger partial charge < -0.3 is 9.47 Å². The van der Waals surface area contributed by atoms with E-state index in [-0.39, 0.29) is 11.3 Å². The number of hydrogen-bond acceptors (Lipinski definition) is 6. The topological polar surface area (TPSA) is 100 Å². The third-order valence-electron chi connectivity index (χ3n) is 6.65. The van der Waals surface area contributed by atoms with Gasteiger partial charge in [0.05, 0.1) is 23.3 Å². The van der Waals surface area contributed by atoms with Crippen LogP contribution in [0.25, 0.3) is 0 Å². The number of carbonyl (C=O) groups excluding carboxylic acids is 2. The number of unbranched alkanes of at least 4 members (excludes halogenated alkanes) is 6. The molecular formula is C39H46N2O4. The van der Waals surface area contributed by atoms with Crippen LogP contribution in [0.1, 0.15) is 104 Å². The second-order valence-corrected chi connectivity index (χ2v) is 10.3. The summed E-state index contributed by atoms with van der Waals surface area (Å²) in [6.45, 7) is 14.6. The summed E-state index contributed by atoms with van der Waals surface area (Å²) < 4.78 is 10.5. The Morgan fingerprint density at radius 1 is 0.667 bits per heavy atom. The van der Waals surface area contributed by atoms with Gasteiger partial charge in [-0.1, -0.05) is 83.4 Å². The zero-order valence-corrected chi connectivity index (χ0v) is 27.2. The quantitative estimate of drug-likeness (QED) is 0.0584. The van der Waals surface area contributed by atoms with Gasteiger partial charge in [-0.3, -0.25) is 0 Å². The zero-order chi connectivity index (χ0) is 33.5. The summed E-state index contributed by atoms with van der Waals surface area (Å²) in [6, 6.07) is 18.9. The minimum absolute atomic E-state index is 0.154. The van der Waals surface area contributed by atoms with Gasteiger partial charge in [0.1, 0.15) is 11.5 Å². The van der Waals surface area contributed by atoms with Gasteiger partial charge in [-0.15, -0.1) is 0 Å². The highest BCUT2D eigenvalue weighted by atomic mass is 16.5. The molecule has 6 heteroatoms. The van der Waals surface area contributed by atoms with Gasteiger partial charge in [0.2, 0.25) is 0 Å². The summed E-state index contributed by atoms with van der Waals surface area (Å²) in [7, 11) is 0. The molecule has 6 nitrogen and oxygen atoms in total. The lowest BCUT2D eigenvalue weighted by atomic mass is 10.0. The van der Waals surface area contributed by atoms with Gasteiger partial charge in [-0.25, -0.2) is 9.59 Å². The first kappa shape index (κ1) is 38.1. The maximum atomic E-state index is 12.3. The fraction of sp³-hybridized carbons (Fsp3) is 0.333. The van der Waals surface area contributed by atoms with E-state index in [1.165, 1.54) is 55.4 Å². The molecule has 0 atom stereocenters. The number of benzene rings is 2. The van der Waals surface area contributed by atoms with Crippen LogP contribution in [0.15, 0.2) is 109 Å². The molecule has 0 aliphatic rings. The van der Waals surface area contributed by atoms with E-state index in [1.807, 2.05) is 50.3 Å². The Morgan fingerprint density at radius 3 is 1.56 bits per heavy atom. The molecule has 2 aromatic carbocycles. The number of ether oxygens (including phenoxy) is 2. The molecule has 2 aromatic rings. The molecule has 0 aliphatic heterocycles. The monoisotopic (exact) mass is 606 g/mol. The lowest BCUT2D eigenvalue weighted by Gasteiger charge is -2.06. The molecule has 236 valence electrons. The van der Waals surface area contributed by atoms with Crippen molar-refractivity contribution in [1.82, 2.24) is 0 Å². The average Bonchev–Trinajstić information content (AvgIpc) is 3.06. The third-order valence-corrected chi connectivity index (χ3v) is 6.65. The first-order valence-electron chi connectivity index (χ1n) is 15.6. The van der Waals surface area contributed by atoms with Gasteiger partial charge in [0.15, 0.2) is 0 Å². The highest BCUT2D eigenvalue weighted by Crippen LogP contribution is 2.15. The fourth-order valence-electron chi connectivity index (χ4n) is 4.12. The van der Waals surface area contributed by atoms with Crippen LogP contribution >= 0.6 is 0 Å². The van der Waals surface area contributed by atoms with E-state index in [0.29, 0.717) is 22.5 Å². The molecule has 45 heavy (non-hydrogen) atoms. The van der Waals surface area contributed by atoms with Crippen molar-refractivity contribution < 1.29 is 19.1 Å². The largest absolute Gasteiger partial charge is 0.428 e. The number of carbonyl (C=O) groups is 2. The number of rotatable bonds is 17. The number of aryl methyl sites for hydroxylation is 2. The van der Waals surface area contributed by atoms with E-state index in [9.17, 15) is 9.59 Å². The van der Waals surface area contributed by atoms with Crippen molar-refractivity contribution in [3.8, 4) is 12.1 Å². The first-order chi connectivity index (χ1) is 21.7. The number of nitrogens with zero attached hydrogens (tertiary/aromatic N) is 2. The third kappa shape index (κ3) is 16.5. The van der Waals surface area contributed by atoms with E-state index in [4.69, 9.17) is 20.0 Å². The molecule has 0 spiro atoms. The van der Waals surface area contributed by atoms with Gasteiger partial charge in [-0.2, -0.15) is 10.5 Å².